The van der Waals surface area contributed by atoms with E-state index in [9.17, 15) is 12.8 Å². The van der Waals surface area contributed by atoms with E-state index in [-0.39, 0.29) is 11.9 Å². The van der Waals surface area contributed by atoms with Crippen molar-refractivity contribution in [1.82, 2.24) is 9.03 Å². The molecule has 1 saturated heterocycles. The quantitative estimate of drug-likeness (QED) is 0.853. The SMILES string of the molecule is COc1ccc(C(C)NS(=O)(=O)N2CCC(OC)CC2)cc1F. The van der Waals surface area contributed by atoms with Crippen molar-refractivity contribution in [3.8, 4) is 5.75 Å². The first-order valence-electron chi connectivity index (χ1n) is 7.51. The van der Waals surface area contributed by atoms with Crippen molar-refractivity contribution < 1.29 is 22.3 Å². The largest absolute Gasteiger partial charge is 0.494 e. The van der Waals surface area contributed by atoms with Crippen LogP contribution in [0.4, 0.5) is 4.39 Å². The molecule has 23 heavy (non-hydrogen) atoms. The number of nitrogens with zero attached hydrogens (tertiary/aromatic N) is 1. The number of hydrogen-bond acceptors (Lipinski definition) is 4. The maximum absolute atomic E-state index is 13.8. The normalized spacial score (nSPS) is 18.8. The Morgan fingerprint density at radius 2 is 1.96 bits per heavy atom. The molecular weight excluding hydrogens is 323 g/mol. The molecule has 8 heteroatoms. The zero-order chi connectivity index (χ0) is 17.0. The van der Waals surface area contributed by atoms with Crippen molar-refractivity contribution in [1.29, 1.82) is 0 Å². The summed E-state index contributed by atoms with van der Waals surface area (Å²) >= 11 is 0. The molecule has 1 fully saturated rings. The van der Waals surface area contributed by atoms with E-state index in [0.29, 0.717) is 31.5 Å². The number of ether oxygens (including phenoxy) is 2. The summed E-state index contributed by atoms with van der Waals surface area (Å²) in [7, 11) is -0.602. The molecule has 1 aliphatic heterocycles. The highest BCUT2D eigenvalue weighted by molar-refractivity contribution is 7.87. The number of nitrogens with one attached hydrogen (secondary N) is 1. The Bertz CT molecular complexity index is 630. The molecular formula is C15H23FN2O4S. The van der Waals surface area contributed by atoms with E-state index in [2.05, 4.69) is 4.72 Å². The Morgan fingerprint density at radius 3 is 2.48 bits per heavy atom. The van der Waals surface area contributed by atoms with Crippen molar-refractivity contribution in [3.63, 3.8) is 0 Å². The molecule has 6 nitrogen and oxygen atoms in total. The molecule has 1 aromatic rings. The third-order valence-corrected chi connectivity index (χ3v) is 5.77. The van der Waals surface area contributed by atoms with Crippen LogP contribution in [0.1, 0.15) is 31.4 Å². The van der Waals surface area contributed by atoms with Gasteiger partial charge in [0.15, 0.2) is 11.6 Å². The van der Waals surface area contributed by atoms with Gasteiger partial charge in [-0.05, 0) is 37.5 Å². The molecule has 2 rings (SSSR count). The minimum absolute atomic E-state index is 0.106. The number of halogens is 1. The lowest BCUT2D eigenvalue weighted by molar-refractivity contribution is 0.0601. The van der Waals surface area contributed by atoms with Gasteiger partial charge in [0.25, 0.3) is 10.2 Å². The second kappa shape index (κ2) is 7.57. The first kappa shape index (κ1) is 18.1. The standard InChI is InChI=1S/C15H23FN2O4S/c1-11(12-4-5-15(22-3)14(16)10-12)17-23(19,20)18-8-6-13(21-2)7-9-18/h4-5,10-11,13,17H,6-9H2,1-3H3. The summed E-state index contributed by atoms with van der Waals surface area (Å²) in [5, 5.41) is 0. The van der Waals surface area contributed by atoms with Crippen molar-refractivity contribution >= 4 is 10.2 Å². The second-order valence-corrected chi connectivity index (χ2v) is 7.27. The van der Waals surface area contributed by atoms with Gasteiger partial charge < -0.3 is 9.47 Å². The zero-order valence-corrected chi connectivity index (χ0v) is 14.4. The minimum atomic E-state index is -3.62. The van der Waals surface area contributed by atoms with Gasteiger partial charge in [-0.15, -0.1) is 0 Å². The Hall–Kier alpha value is -1.22. The van der Waals surface area contributed by atoms with E-state index in [4.69, 9.17) is 9.47 Å². The fraction of sp³-hybridized carbons (Fsp3) is 0.600. The van der Waals surface area contributed by atoms with Gasteiger partial charge in [-0.25, -0.2) is 4.39 Å². The number of hydrogen-bond donors (Lipinski definition) is 1. The highest BCUT2D eigenvalue weighted by atomic mass is 32.2. The summed E-state index contributed by atoms with van der Waals surface area (Å²) in [6.07, 6.45) is 1.45. The van der Waals surface area contributed by atoms with Gasteiger partial charge in [-0.2, -0.15) is 17.4 Å². The van der Waals surface area contributed by atoms with Gasteiger partial charge in [0.1, 0.15) is 0 Å². The van der Waals surface area contributed by atoms with E-state index in [1.165, 1.54) is 23.5 Å². The van der Waals surface area contributed by atoms with Crippen LogP contribution in [0.2, 0.25) is 0 Å². The number of piperidine rings is 1. The summed E-state index contributed by atoms with van der Waals surface area (Å²) in [5.74, 6) is -0.387. The Kier molecular flexibility index (Phi) is 5.96. The average molecular weight is 346 g/mol. The van der Waals surface area contributed by atoms with E-state index in [1.807, 2.05) is 0 Å². The van der Waals surface area contributed by atoms with Crippen LogP contribution >= 0.6 is 0 Å². The molecule has 0 aromatic heterocycles. The lowest BCUT2D eigenvalue weighted by Crippen LogP contribution is -2.46. The van der Waals surface area contributed by atoms with Crippen molar-refractivity contribution in [3.05, 3.63) is 29.6 Å². The monoisotopic (exact) mass is 346 g/mol. The Morgan fingerprint density at radius 1 is 1.30 bits per heavy atom. The lowest BCUT2D eigenvalue weighted by atomic mass is 10.1. The summed E-state index contributed by atoms with van der Waals surface area (Å²) in [4.78, 5) is 0. The van der Waals surface area contributed by atoms with Crippen LogP contribution in [0, 0.1) is 5.82 Å². The molecule has 0 amide bonds. The third-order valence-electron chi connectivity index (χ3n) is 4.08. The van der Waals surface area contributed by atoms with Crippen molar-refractivity contribution in [2.75, 3.05) is 27.3 Å². The first-order valence-corrected chi connectivity index (χ1v) is 8.95. The van der Waals surface area contributed by atoms with Gasteiger partial charge >= 0.3 is 0 Å². The highest BCUT2D eigenvalue weighted by Crippen LogP contribution is 2.23. The fourth-order valence-electron chi connectivity index (χ4n) is 2.63. The molecule has 1 aromatic carbocycles. The van der Waals surface area contributed by atoms with Gasteiger partial charge in [0, 0.05) is 26.2 Å². The van der Waals surface area contributed by atoms with Crippen LogP contribution in [-0.4, -0.2) is 46.1 Å². The average Bonchev–Trinajstić information content (AvgIpc) is 2.54. The topological polar surface area (TPSA) is 67.9 Å². The lowest BCUT2D eigenvalue weighted by Gasteiger charge is -2.31. The van der Waals surface area contributed by atoms with Crippen LogP contribution in [-0.2, 0) is 14.9 Å². The van der Waals surface area contributed by atoms with Crippen LogP contribution in [0.15, 0.2) is 18.2 Å². The molecule has 0 aliphatic carbocycles. The molecule has 1 heterocycles. The predicted octanol–water partition coefficient (Wildman–Crippen LogP) is 1.84. The maximum Gasteiger partial charge on any atom is 0.279 e. The van der Waals surface area contributed by atoms with E-state index < -0.39 is 22.1 Å². The smallest absolute Gasteiger partial charge is 0.279 e. The molecule has 0 bridgehead atoms. The number of rotatable bonds is 6. The van der Waals surface area contributed by atoms with Crippen molar-refractivity contribution in [2.24, 2.45) is 0 Å². The Balaban J connectivity index is 2.04. The third kappa shape index (κ3) is 4.41. The minimum Gasteiger partial charge on any atom is -0.494 e. The van der Waals surface area contributed by atoms with Gasteiger partial charge in [0.05, 0.1) is 13.2 Å². The molecule has 0 spiro atoms. The zero-order valence-electron chi connectivity index (χ0n) is 13.6. The predicted molar refractivity (Wildman–Crippen MR) is 85.0 cm³/mol. The molecule has 0 radical (unpaired) electrons. The summed E-state index contributed by atoms with van der Waals surface area (Å²) in [5.41, 5.74) is 0.540. The highest BCUT2D eigenvalue weighted by Gasteiger charge is 2.29. The molecule has 0 saturated carbocycles. The van der Waals surface area contributed by atoms with Crippen LogP contribution in [0.25, 0.3) is 0 Å². The summed E-state index contributed by atoms with van der Waals surface area (Å²) < 4.78 is 52.7. The van der Waals surface area contributed by atoms with Crippen molar-refractivity contribution in [2.45, 2.75) is 31.9 Å². The first-order chi connectivity index (χ1) is 10.9. The second-order valence-electron chi connectivity index (χ2n) is 5.57. The van der Waals surface area contributed by atoms with E-state index in [1.54, 1.807) is 20.1 Å². The summed E-state index contributed by atoms with van der Waals surface area (Å²) in [6, 6.07) is 3.87. The van der Waals surface area contributed by atoms with Crippen LogP contribution in [0.3, 0.4) is 0 Å². The van der Waals surface area contributed by atoms with E-state index >= 15 is 0 Å². The molecule has 1 unspecified atom stereocenters. The van der Waals surface area contributed by atoms with E-state index in [0.717, 1.165) is 0 Å². The molecule has 1 atom stereocenters. The Labute approximate surface area is 136 Å². The molecule has 130 valence electrons. The maximum atomic E-state index is 13.8. The van der Waals surface area contributed by atoms with Gasteiger partial charge in [-0.3, -0.25) is 0 Å². The number of methoxy groups -OCH3 is 2. The van der Waals surface area contributed by atoms with Crippen LogP contribution in [0.5, 0.6) is 5.75 Å². The molecule has 1 aliphatic rings. The van der Waals surface area contributed by atoms with Gasteiger partial charge in [-0.1, -0.05) is 6.07 Å². The van der Waals surface area contributed by atoms with Gasteiger partial charge in [0.2, 0.25) is 0 Å². The molecule has 1 N–H and O–H groups in total. The number of benzene rings is 1. The fourth-order valence-corrected chi connectivity index (χ4v) is 4.05. The summed E-state index contributed by atoms with van der Waals surface area (Å²) in [6.45, 7) is 2.51. The van der Waals surface area contributed by atoms with Crippen LogP contribution < -0.4 is 9.46 Å².